The molecular weight excluding hydrogens is 324 g/mol. The molecule has 1 aromatic heterocycles. The van der Waals surface area contributed by atoms with Crippen molar-refractivity contribution in [1.82, 2.24) is 9.55 Å². The molecule has 1 saturated carbocycles. The molecule has 0 saturated heterocycles. The first-order valence-electron chi connectivity index (χ1n) is 6.34. The number of fused-ring (bicyclic) bond motifs is 1. The molecule has 20 heavy (non-hydrogen) atoms. The monoisotopic (exact) mass is 336 g/mol. The van der Waals surface area contributed by atoms with Crippen molar-refractivity contribution in [3.63, 3.8) is 0 Å². The molecule has 0 radical (unpaired) electrons. The number of hydrogen-bond donors (Lipinski definition) is 0. The number of carbonyl (C=O) groups is 1. The molecule has 1 heterocycles. The van der Waals surface area contributed by atoms with Crippen molar-refractivity contribution in [2.75, 3.05) is 7.11 Å². The first-order chi connectivity index (χ1) is 9.60. The van der Waals surface area contributed by atoms with Crippen molar-refractivity contribution >= 4 is 32.8 Å². The van der Waals surface area contributed by atoms with Gasteiger partial charge >= 0.3 is 5.97 Å². The SMILES string of the molecule is COC(=O)C1CC(n2cnc3ccc(Br)cc3c2=O)C1. The predicted octanol–water partition coefficient (Wildman–Crippen LogP) is 2.28. The van der Waals surface area contributed by atoms with Crippen molar-refractivity contribution in [2.45, 2.75) is 18.9 Å². The molecule has 1 aromatic carbocycles. The molecule has 0 unspecified atom stereocenters. The molecule has 0 bridgehead atoms. The summed E-state index contributed by atoms with van der Waals surface area (Å²) in [6, 6.07) is 5.47. The summed E-state index contributed by atoms with van der Waals surface area (Å²) in [4.78, 5) is 28.1. The van der Waals surface area contributed by atoms with Gasteiger partial charge < -0.3 is 4.74 Å². The number of esters is 1. The Balaban J connectivity index is 1.93. The van der Waals surface area contributed by atoms with Crippen LogP contribution >= 0.6 is 15.9 Å². The molecule has 0 amide bonds. The third-order valence-corrected chi connectivity index (χ3v) is 4.28. The first kappa shape index (κ1) is 13.3. The van der Waals surface area contributed by atoms with Crippen LogP contribution in [0.1, 0.15) is 18.9 Å². The largest absolute Gasteiger partial charge is 0.469 e. The summed E-state index contributed by atoms with van der Waals surface area (Å²) in [5.74, 6) is -0.305. The summed E-state index contributed by atoms with van der Waals surface area (Å²) in [5.41, 5.74) is 0.614. The summed E-state index contributed by atoms with van der Waals surface area (Å²) in [7, 11) is 1.39. The lowest BCUT2D eigenvalue weighted by Gasteiger charge is -2.34. The molecule has 0 N–H and O–H groups in total. The van der Waals surface area contributed by atoms with Crippen LogP contribution in [0.4, 0.5) is 0 Å². The highest BCUT2D eigenvalue weighted by Gasteiger charge is 2.37. The number of aromatic nitrogens is 2. The van der Waals surface area contributed by atoms with Gasteiger partial charge in [0.05, 0.1) is 30.3 Å². The van der Waals surface area contributed by atoms with Crippen LogP contribution in [0.25, 0.3) is 10.9 Å². The number of benzene rings is 1. The maximum absolute atomic E-state index is 12.4. The van der Waals surface area contributed by atoms with Gasteiger partial charge in [0.15, 0.2) is 0 Å². The summed E-state index contributed by atoms with van der Waals surface area (Å²) in [6.45, 7) is 0. The Morgan fingerprint density at radius 1 is 1.45 bits per heavy atom. The van der Waals surface area contributed by atoms with E-state index in [2.05, 4.69) is 20.9 Å². The fourth-order valence-electron chi connectivity index (χ4n) is 2.54. The van der Waals surface area contributed by atoms with Crippen LogP contribution in [-0.2, 0) is 9.53 Å². The number of methoxy groups -OCH3 is 1. The second-order valence-corrected chi connectivity index (χ2v) is 5.88. The van der Waals surface area contributed by atoms with Gasteiger partial charge in [-0.25, -0.2) is 4.98 Å². The minimum Gasteiger partial charge on any atom is -0.469 e. The molecule has 0 aliphatic heterocycles. The van der Waals surface area contributed by atoms with E-state index in [9.17, 15) is 9.59 Å². The Labute approximate surface area is 123 Å². The van der Waals surface area contributed by atoms with Crippen molar-refractivity contribution in [2.24, 2.45) is 5.92 Å². The van der Waals surface area contributed by atoms with E-state index < -0.39 is 0 Å². The van der Waals surface area contributed by atoms with Gasteiger partial charge in [-0.3, -0.25) is 14.2 Å². The van der Waals surface area contributed by atoms with Crippen LogP contribution in [0, 0.1) is 5.92 Å². The number of halogens is 1. The Bertz CT molecular complexity index is 735. The van der Waals surface area contributed by atoms with E-state index in [1.165, 1.54) is 7.11 Å². The zero-order chi connectivity index (χ0) is 14.3. The number of nitrogens with zero attached hydrogens (tertiary/aromatic N) is 2. The summed E-state index contributed by atoms with van der Waals surface area (Å²) in [5, 5.41) is 0.586. The predicted molar refractivity (Wildman–Crippen MR) is 77.5 cm³/mol. The van der Waals surface area contributed by atoms with Crippen molar-refractivity contribution in [3.8, 4) is 0 Å². The zero-order valence-corrected chi connectivity index (χ0v) is 12.5. The quantitative estimate of drug-likeness (QED) is 0.789. The average molecular weight is 337 g/mol. The molecule has 1 aliphatic carbocycles. The molecule has 104 valence electrons. The topological polar surface area (TPSA) is 61.2 Å². The second-order valence-electron chi connectivity index (χ2n) is 4.96. The van der Waals surface area contributed by atoms with E-state index in [-0.39, 0.29) is 23.5 Å². The van der Waals surface area contributed by atoms with Crippen molar-refractivity contribution < 1.29 is 9.53 Å². The van der Waals surface area contributed by atoms with E-state index in [4.69, 9.17) is 4.74 Å². The highest BCUT2D eigenvalue weighted by molar-refractivity contribution is 9.10. The second kappa shape index (κ2) is 5.01. The minimum atomic E-state index is -0.203. The molecule has 1 aliphatic rings. The fraction of sp³-hybridized carbons (Fsp3) is 0.357. The van der Waals surface area contributed by atoms with Gasteiger partial charge in [-0.1, -0.05) is 15.9 Å². The van der Waals surface area contributed by atoms with Gasteiger partial charge in [-0.15, -0.1) is 0 Å². The highest BCUT2D eigenvalue weighted by Crippen LogP contribution is 2.37. The Hall–Kier alpha value is -1.69. The van der Waals surface area contributed by atoms with Crippen LogP contribution in [0.2, 0.25) is 0 Å². The van der Waals surface area contributed by atoms with Gasteiger partial charge in [-0.2, -0.15) is 0 Å². The van der Waals surface area contributed by atoms with Gasteiger partial charge in [-0.05, 0) is 31.0 Å². The maximum atomic E-state index is 12.4. The maximum Gasteiger partial charge on any atom is 0.308 e. The van der Waals surface area contributed by atoms with E-state index >= 15 is 0 Å². The Kier molecular flexibility index (Phi) is 3.33. The number of carbonyl (C=O) groups excluding carboxylic acids is 1. The normalized spacial score (nSPS) is 21.5. The lowest BCUT2D eigenvalue weighted by atomic mass is 9.80. The Morgan fingerprint density at radius 2 is 2.20 bits per heavy atom. The molecule has 0 spiro atoms. The summed E-state index contributed by atoms with van der Waals surface area (Å²) in [6.07, 6.45) is 2.83. The number of ether oxygens (including phenoxy) is 1. The first-order valence-corrected chi connectivity index (χ1v) is 7.13. The molecule has 3 rings (SSSR count). The van der Waals surface area contributed by atoms with Crippen molar-refractivity contribution in [1.29, 1.82) is 0 Å². The molecule has 6 heteroatoms. The molecule has 1 fully saturated rings. The van der Waals surface area contributed by atoms with Gasteiger partial charge in [0.2, 0.25) is 0 Å². The van der Waals surface area contributed by atoms with Crippen LogP contribution < -0.4 is 5.56 Å². The summed E-state index contributed by atoms with van der Waals surface area (Å²) < 4.78 is 7.18. The van der Waals surface area contributed by atoms with Gasteiger partial charge in [0.1, 0.15) is 0 Å². The third kappa shape index (κ3) is 2.14. The van der Waals surface area contributed by atoms with E-state index in [0.29, 0.717) is 23.7 Å². The van der Waals surface area contributed by atoms with Crippen LogP contribution in [0.3, 0.4) is 0 Å². The van der Waals surface area contributed by atoms with Crippen LogP contribution in [0.5, 0.6) is 0 Å². The zero-order valence-electron chi connectivity index (χ0n) is 10.9. The van der Waals surface area contributed by atoms with Crippen LogP contribution in [-0.4, -0.2) is 22.6 Å². The molecule has 2 aromatic rings. The average Bonchev–Trinajstić information content (AvgIpc) is 2.40. The van der Waals surface area contributed by atoms with Gasteiger partial charge in [0, 0.05) is 10.5 Å². The van der Waals surface area contributed by atoms with Gasteiger partial charge in [0.25, 0.3) is 5.56 Å². The minimum absolute atomic E-state index is 0.0301. The Morgan fingerprint density at radius 3 is 2.90 bits per heavy atom. The third-order valence-electron chi connectivity index (χ3n) is 3.79. The van der Waals surface area contributed by atoms with Crippen molar-refractivity contribution in [3.05, 3.63) is 39.4 Å². The molecule has 0 atom stereocenters. The van der Waals surface area contributed by atoms with E-state index in [1.807, 2.05) is 12.1 Å². The smallest absolute Gasteiger partial charge is 0.308 e. The lowest BCUT2D eigenvalue weighted by Crippen LogP contribution is -2.37. The molecular formula is C14H13BrN2O3. The van der Waals surface area contributed by atoms with E-state index in [0.717, 1.165) is 4.47 Å². The standard InChI is InChI=1S/C14H13BrN2O3/c1-20-14(19)8-4-10(5-8)17-7-16-12-3-2-9(15)6-11(12)13(17)18/h2-3,6-8,10H,4-5H2,1H3. The summed E-state index contributed by atoms with van der Waals surface area (Å²) >= 11 is 3.36. The van der Waals surface area contributed by atoms with E-state index in [1.54, 1.807) is 17.0 Å². The van der Waals surface area contributed by atoms with Crippen LogP contribution in [0.15, 0.2) is 33.8 Å². The molecule has 5 nitrogen and oxygen atoms in total. The number of rotatable bonds is 2. The number of hydrogen-bond acceptors (Lipinski definition) is 4. The fourth-order valence-corrected chi connectivity index (χ4v) is 2.90. The lowest BCUT2D eigenvalue weighted by molar-refractivity contribution is -0.149. The highest BCUT2D eigenvalue weighted by atomic mass is 79.9.